The Morgan fingerprint density at radius 3 is 2.19 bits per heavy atom. The molecule has 3 rings (SSSR count). The molecule has 4 heteroatoms. The molecule has 0 saturated carbocycles. The maximum Gasteiger partial charge on any atom is 0.223 e. The van der Waals surface area contributed by atoms with E-state index in [1.807, 2.05) is 35.2 Å². The van der Waals surface area contributed by atoms with Gasteiger partial charge in [0.25, 0.3) is 0 Å². The molecule has 1 amide bonds. The zero-order valence-electron chi connectivity index (χ0n) is 15.6. The van der Waals surface area contributed by atoms with E-state index in [0.29, 0.717) is 6.42 Å². The number of rotatable bonds is 6. The Bertz CT molecular complexity index is 691. The maximum absolute atomic E-state index is 12.9. The number of amides is 1. The van der Waals surface area contributed by atoms with Crippen molar-refractivity contribution in [1.29, 1.82) is 0 Å². The highest BCUT2D eigenvalue weighted by molar-refractivity contribution is 5.78. The van der Waals surface area contributed by atoms with Crippen molar-refractivity contribution in [3.05, 3.63) is 65.7 Å². The third-order valence-electron chi connectivity index (χ3n) is 5.23. The third kappa shape index (κ3) is 4.44. The van der Waals surface area contributed by atoms with Gasteiger partial charge in [-0.2, -0.15) is 0 Å². The molecule has 0 aromatic heterocycles. The van der Waals surface area contributed by atoms with Crippen LogP contribution in [0.5, 0.6) is 5.75 Å². The molecular weight excluding hydrogens is 326 g/mol. The lowest BCUT2D eigenvalue weighted by molar-refractivity contribution is -0.133. The van der Waals surface area contributed by atoms with E-state index in [1.54, 1.807) is 14.2 Å². The monoisotopic (exact) mass is 353 g/mol. The van der Waals surface area contributed by atoms with Crippen LogP contribution in [0.4, 0.5) is 0 Å². The second-order valence-electron chi connectivity index (χ2n) is 6.76. The first-order valence-electron chi connectivity index (χ1n) is 9.20. The van der Waals surface area contributed by atoms with Gasteiger partial charge >= 0.3 is 0 Å². The number of likely N-dealkylation sites (tertiary alicyclic amines) is 1. The van der Waals surface area contributed by atoms with Crippen molar-refractivity contribution in [2.45, 2.75) is 31.3 Å². The number of methoxy groups -OCH3 is 2. The SMILES string of the molecule is COc1ccc([C@@H](CC(=O)N2CCC(OC)CC2)c2ccccc2)cc1. The number of carbonyl (C=O) groups is 1. The van der Waals surface area contributed by atoms with Crippen molar-refractivity contribution >= 4 is 5.91 Å². The standard InChI is InChI=1S/C22H27NO3/c1-25-19-10-8-18(9-11-19)21(17-6-4-3-5-7-17)16-22(24)23-14-12-20(26-2)13-15-23/h3-11,20-21H,12-16H2,1-2H3/t21-/m0/s1. The second kappa shape index (κ2) is 8.86. The molecule has 4 nitrogen and oxygen atoms in total. The Hall–Kier alpha value is -2.33. The summed E-state index contributed by atoms with van der Waals surface area (Å²) in [5.74, 6) is 1.09. The molecule has 2 aromatic carbocycles. The highest BCUT2D eigenvalue weighted by atomic mass is 16.5. The van der Waals surface area contributed by atoms with Crippen molar-refractivity contribution in [2.24, 2.45) is 0 Å². The highest BCUT2D eigenvalue weighted by Gasteiger charge is 2.26. The van der Waals surface area contributed by atoms with Crippen LogP contribution in [-0.2, 0) is 9.53 Å². The fraction of sp³-hybridized carbons (Fsp3) is 0.409. The first-order chi connectivity index (χ1) is 12.7. The third-order valence-corrected chi connectivity index (χ3v) is 5.23. The lowest BCUT2D eigenvalue weighted by atomic mass is 9.88. The topological polar surface area (TPSA) is 38.8 Å². The molecule has 1 heterocycles. The van der Waals surface area contributed by atoms with E-state index >= 15 is 0 Å². The molecule has 0 unspecified atom stereocenters. The fourth-order valence-corrected chi connectivity index (χ4v) is 3.59. The number of nitrogens with zero attached hydrogens (tertiary/aromatic N) is 1. The van der Waals surface area contributed by atoms with Crippen LogP contribution in [0.15, 0.2) is 54.6 Å². The number of benzene rings is 2. The van der Waals surface area contributed by atoms with Crippen molar-refractivity contribution in [3.8, 4) is 5.75 Å². The van der Waals surface area contributed by atoms with Crippen molar-refractivity contribution in [2.75, 3.05) is 27.3 Å². The predicted octanol–water partition coefficient (Wildman–Crippen LogP) is 3.85. The van der Waals surface area contributed by atoms with Crippen LogP contribution >= 0.6 is 0 Å². The van der Waals surface area contributed by atoms with Gasteiger partial charge in [-0.15, -0.1) is 0 Å². The Labute approximate surface area is 155 Å². The van der Waals surface area contributed by atoms with Crippen molar-refractivity contribution < 1.29 is 14.3 Å². The molecule has 138 valence electrons. The minimum atomic E-state index is 0.0507. The maximum atomic E-state index is 12.9. The summed E-state index contributed by atoms with van der Waals surface area (Å²) in [4.78, 5) is 14.9. The summed E-state index contributed by atoms with van der Waals surface area (Å²) in [6, 6.07) is 18.3. The predicted molar refractivity (Wildman–Crippen MR) is 103 cm³/mol. The molecule has 0 radical (unpaired) electrons. The number of carbonyl (C=O) groups excluding carboxylic acids is 1. The average molecular weight is 353 g/mol. The summed E-state index contributed by atoms with van der Waals surface area (Å²) in [6.45, 7) is 1.56. The minimum absolute atomic E-state index is 0.0507. The summed E-state index contributed by atoms with van der Waals surface area (Å²) < 4.78 is 10.7. The Morgan fingerprint density at radius 2 is 1.62 bits per heavy atom. The molecule has 1 aliphatic rings. The van der Waals surface area contributed by atoms with E-state index in [-0.39, 0.29) is 17.9 Å². The first kappa shape index (κ1) is 18.5. The number of ether oxygens (including phenoxy) is 2. The molecule has 1 fully saturated rings. The Kier molecular flexibility index (Phi) is 6.29. The molecule has 0 aliphatic carbocycles. The zero-order valence-corrected chi connectivity index (χ0v) is 15.6. The van der Waals surface area contributed by atoms with E-state index in [1.165, 1.54) is 0 Å². The summed E-state index contributed by atoms with van der Waals surface area (Å²) in [5, 5.41) is 0. The van der Waals surface area contributed by atoms with E-state index in [9.17, 15) is 4.79 Å². The van der Waals surface area contributed by atoms with Gasteiger partial charge in [0.05, 0.1) is 13.2 Å². The van der Waals surface area contributed by atoms with Gasteiger partial charge in [0.2, 0.25) is 5.91 Å². The summed E-state index contributed by atoms with van der Waals surface area (Å²) in [7, 11) is 3.41. The van der Waals surface area contributed by atoms with E-state index in [4.69, 9.17) is 9.47 Å². The van der Waals surface area contributed by atoms with Gasteiger partial charge in [-0.3, -0.25) is 4.79 Å². The number of hydrogen-bond donors (Lipinski definition) is 0. The summed E-state index contributed by atoms with van der Waals surface area (Å²) in [6.07, 6.45) is 2.60. The van der Waals surface area contributed by atoms with Crippen LogP contribution in [0.1, 0.15) is 36.3 Å². The number of piperidine rings is 1. The van der Waals surface area contributed by atoms with Gasteiger partial charge in [-0.05, 0) is 36.1 Å². The second-order valence-corrected chi connectivity index (χ2v) is 6.76. The van der Waals surface area contributed by atoms with Crippen LogP contribution in [0.2, 0.25) is 0 Å². The molecule has 26 heavy (non-hydrogen) atoms. The average Bonchev–Trinajstić information content (AvgIpc) is 2.72. The molecule has 0 spiro atoms. The molecule has 1 saturated heterocycles. The lowest BCUT2D eigenvalue weighted by Gasteiger charge is -2.32. The Balaban J connectivity index is 1.76. The molecule has 0 N–H and O–H groups in total. The minimum Gasteiger partial charge on any atom is -0.497 e. The van der Waals surface area contributed by atoms with Crippen LogP contribution < -0.4 is 4.74 Å². The van der Waals surface area contributed by atoms with Crippen LogP contribution in [0.3, 0.4) is 0 Å². The van der Waals surface area contributed by atoms with Crippen LogP contribution in [-0.4, -0.2) is 44.2 Å². The molecule has 2 aromatic rings. The van der Waals surface area contributed by atoms with Crippen LogP contribution in [0.25, 0.3) is 0 Å². The molecule has 1 aliphatic heterocycles. The lowest BCUT2D eigenvalue weighted by Crippen LogP contribution is -2.41. The zero-order chi connectivity index (χ0) is 18.4. The van der Waals surface area contributed by atoms with E-state index in [0.717, 1.165) is 42.8 Å². The number of hydrogen-bond acceptors (Lipinski definition) is 3. The van der Waals surface area contributed by atoms with Crippen LogP contribution in [0, 0.1) is 0 Å². The van der Waals surface area contributed by atoms with Gasteiger partial charge in [-0.25, -0.2) is 0 Å². The summed E-state index contributed by atoms with van der Waals surface area (Å²) in [5.41, 5.74) is 2.30. The van der Waals surface area contributed by atoms with Crippen molar-refractivity contribution in [3.63, 3.8) is 0 Å². The normalized spacial score (nSPS) is 16.3. The van der Waals surface area contributed by atoms with E-state index < -0.39 is 0 Å². The van der Waals surface area contributed by atoms with Gasteiger partial charge < -0.3 is 14.4 Å². The van der Waals surface area contributed by atoms with Gasteiger partial charge in [0.15, 0.2) is 0 Å². The van der Waals surface area contributed by atoms with Gasteiger partial charge in [-0.1, -0.05) is 42.5 Å². The van der Waals surface area contributed by atoms with Crippen molar-refractivity contribution in [1.82, 2.24) is 4.90 Å². The molecular formula is C22H27NO3. The highest BCUT2D eigenvalue weighted by Crippen LogP contribution is 2.30. The van der Waals surface area contributed by atoms with E-state index in [2.05, 4.69) is 24.3 Å². The quantitative estimate of drug-likeness (QED) is 0.792. The largest absolute Gasteiger partial charge is 0.497 e. The van der Waals surface area contributed by atoms with Gasteiger partial charge in [0, 0.05) is 32.5 Å². The van der Waals surface area contributed by atoms with Gasteiger partial charge in [0.1, 0.15) is 5.75 Å². The smallest absolute Gasteiger partial charge is 0.223 e. The molecule has 1 atom stereocenters. The Morgan fingerprint density at radius 1 is 1.00 bits per heavy atom. The fourth-order valence-electron chi connectivity index (χ4n) is 3.59. The summed E-state index contributed by atoms with van der Waals surface area (Å²) >= 11 is 0. The first-order valence-corrected chi connectivity index (χ1v) is 9.20. The molecule has 0 bridgehead atoms.